The molecule has 0 radical (unpaired) electrons. The van der Waals surface area contributed by atoms with Crippen molar-refractivity contribution < 1.29 is 9.90 Å². The Hall–Kier alpha value is -1.84. The van der Waals surface area contributed by atoms with Gasteiger partial charge in [-0.15, -0.1) is 0 Å². The van der Waals surface area contributed by atoms with E-state index < -0.39 is 5.97 Å². The minimum absolute atomic E-state index is 0.340. The average molecular weight is 316 g/mol. The van der Waals surface area contributed by atoms with Crippen LogP contribution in [0, 0.1) is 0 Å². The Balaban J connectivity index is 1.49. The number of benzene rings is 2. The van der Waals surface area contributed by atoms with E-state index in [4.69, 9.17) is 16.7 Å². The van der Waals surface area contributed by atoms with Crippen molar-refractivity contribution in [1.29, 1.82) is 0 Å². The summed E-state index contributed by atoms with van der Waals surface area (Å²) in [6.07, 6.45) is 2.22. The summed E-state index contributed by atoms with van der Waals surface area (Å²) in [5.41, 5.74) is 2.69. The van der Waals surface area contributed by atoms with Crippen molar-refractivity contribution in [2.45, 2.75) is 31.3 Å². The zero-order valence-electron chi connectivity index (χ0n) is 12.1. The highest BCUT2D eigenvalue weighted by molar-refractivity contribution is 6.30. The molecule has 2 aromatic rings. The minimum Gasteiger partial charge on any atom is -0.478 e. The van der Waals surface area contributed by atoms with Gasteiger partial charge in [-0.3, -0.25) is 0 Å². The quantitative estimate of drug-likeness (QED) is 0.874. The van der Waals surface area contributed by atoms with Gasteiger partial charge < -0.3 is 10.4 Å². The number of nitrogens with one attached hydrogen (secondary N) is 1. The topological polar surface area (TPSA) is 49.3 Å². The Morgan fingerprint density at radius 3 is 2.59 bits per heavy atom. The SMILES string of the molecule is O=C(O)c1cccc(CNC2CC(c3ccc(Cl)cc3)C2)c1. The van der Waals surface area contributed by atoms with Crippen molar-refractivity contribution in [1.82, 2.24) is 5.32 Å². The predicted molar refractivity (Wildman–Crippen MR) is 87.5 cm³/mol. The van der Waals surface area contributed by atoms with Gasteiger partial charge in [0.25, 0.3) is 0 Å². The molecule has 0 atom stereocenters. The molecule has 1 aliphatic rings. The van der Waals surface area contributed by atoms with Gasteiger partial charge in [-0.2, -0.15) is 0 Å². The van der Waals surface area contributed by atoms with Crippen LogP contribution in [0.5, 0.6) is 0 Å². The van der Waals surface area contributed by atoms with E-state index in [1.54, 1.807) is 18.2 Å². The Labute approximate surface area is 134 Å². The summed E-state index contributed by atoms with van der Waals surface area (Å²) in [6, 6.07) is 15.7. The molecule has 1 aliphatic carbocycles. The molecular formula is C18H18ClNO2. The Morgan fingerprint density at radius 1 is 1.18 bits per heavy atom. The number of rotatable bonds is 5. The number of carboxylic acid groups (broad SMARTS) is 1. The van der Waals surface area contributed by atoms with Gasteiger partial charge >= 0.3 is 5.97 Å². The molecular weight excluding hydrogens is 298 g/mol. The van der Waals surface area contributed by atoms with Gasteiger partial charge in [-0.1, -0.05) is 35.9 Å². The molecule has 0 spiro atoms. The number of halogens is 1. The number of carboxylic acids is 1. The first-order chi connectivity index (χ1) is 10.6. The zero-order valence-corrected chi connectivity index (χ0v) is 12.9. The van der Waals surface area contributed by atoms with E-state index >= 15 is 0 Å². The predicted octanol–water partition coefficient (Wildman–Crippen LogP) is 4.07. The largest absolute Gasteiger partial charge is 0.478 e. The van der Waals surface area contributed by atoms with E-state index in [9.17, 15) is 4.79 Å². The highest BCUT2D eigenvalue weighted by Crippen LogP contribution is 2.37. The third-order valence-corrected chi connectivity index (χ3v) is 4.50. The monoisotopic (exact) mass is 315 g/mol. The highest BCUT2D eigenvalue weighted by atomic mass is 35.5. The Kier molecular flexibility index (Phi) is 4.46. The molecule has 0 unspecified atom stereocenters. The summed E-state index contributed by atoms with van der Waals surface area (Å²) in [4.78, 5) is 11.0. The molecule has 4 heteroatoms. The van der Waals surface area contributed by atoms with E-state index in [2.05, 4.69) is 17.4 Å². The molecule has 0 heterocycles. The van der Waals surface area contributed by atoms with Crippen molar-refractivity contribution in [2.24, 2.45) is 0 Å². The van der Waals surface area contributed by atoms with Crippen molar-refractivity contribution in [3.8, 4) is 0 Å². The summed E-state index contributed by atoms with van der Waals surface area (Å²) >= 11 is 5.90. The fourth-order valence-electron chi connectivity index (χ4n) is 2.87. The van der Waals surface area contributed by atoms with Gasteiger partial charge in [0.15, 0.2) is 0 Å². The maximum Gasteiger partial charge on any atom is 0.335 e. The van der Waals surface area contributed by atoms with E-state index in [0.717, 1.165) is 23.4 Å². The molecule has 0 saturated heterocycles. The van der Waals surface area contributed by atoms with Crippen molar-refractivity contribution in [2.75, 3.05) is 0 Å². The maximum absolute atomic E-state index is 11.0. The normalized spacial score (nSPS) is 20.4. The van der Waals surface area contributed by atoms with Gasteiger partial charge in [-0.05, 0) is 54.2 Å². The molecule has 0 amide bonds. The third-order valence-electron chi connectivity index (χ3n) is 4.25. The molecule has 2 N–H and O–H groups in total. The molecule has 0 bridgehead atoms. The van der Waals surface area contributed by atoms with E-state index in [0.29, 0.717) is 24.1 Å². The van der Waals surface area contributed by atoms with Gasteiger partial charge in [0.05, 0.1) is 5.56 Å². The zero-order chi connectivity index (χ0) is 15.5. The summed E-state index contributed by atoms with van der Waals surface area (Å²) in [5.74, 6) is -0.284. The summed E-state index contributed by atoms with van der Waals surface area (Å²) in [6.45, 7) is 0.707. The lowest BCUT2D eigenvalue weighted by atomic mass is 9.76. The van der Waals surface area contributed by atoms with Crippen LogP contribution in [0.25, 0.3) is 0 Å². The molecule has 1 saturated carbocycles. The lowest BCUT2D eigenvalue weighted by Crippen LogP contribution is -2.39. The van der Waals surface area contributed by atoms with E-state index in [-0.39, 0.29) is 0 Å². The van der Waals surface area contributed by atoms with Crippen LogP contribution >= 0.6 is 11.6 Å². The van der Waals surface area contributed by atoms with Crippen LogP contribution in [0.2, 0.25) is 5.02 Å². The van der Waals surface area contributed by atoms with Gasteiger partial charge in [0, 0.05) is 17.6 Å². The number of hydrogen-bond donors (Lipinski definition) is 2. The molecule has 114 valence electrons. The van der Waals surface area contributed by atoms with Crippen LogP contribution in [0.1, 0.15) is 40.2 Å². The fourth-order valence-corrected chi connectivity index (χ4v) is 2.99. The standard InChI is InChI=1S/C18H18ClNO2/c19-16-6-4-13(5-7-16)15-9-17(10-15)20-11-12-2-1-3-14(8-12)18(21)22/h1-8,15,17,20H,9-11H2,(H,21,22). The van der Waals surface area contributed by atoms with Gasteiger partial charge in [0.2, 0.25) is 0 Å². The molecule has 3 nitrogen and oxygen atoms in total. The van der Waals surface area contributed by atoms with E-state index in [1.807, 2.05) is 18.2 Å². The van der Waals surface area contributed by atoms with Crippen LogP contribution in [-0.2, 0) is 6.54 Å². The van der Waals surface area contributed by atoms with Crippen LogP contribution in [0.4, 0.5) is 0 Å². The summed E-state index contributed by atoms with van der Waals surface area (Å²) in [7, 11) is 0. The third kappa shape index (κ3) is 3.49. The number of aromatic carboxylic acids is 1. The molecule has 3 rings (SSSR count). The number of hydrogen-bond acceptors (Lipinski definition) is 2. The number of carbonyl (C=O) groups is 1. The molecule has 0 aliphatic heterocycles. The van der Waals surface area contributed by atoms with E-state index in [1.165, 1.54) is 5.56 Å². The second-order valence-corrected chi connectivity index (χ2v) is 6.24. The fraction of sp³-hybridized carbons (Fsp3) is 0.278. The molecule has 0 aromatic heterocycles. The maximum atomic E-state index is 11.0. The summed E-state index contributed by atoms with van der Waals surface area (Å²) in [5, 5.41) is 13.3. The van der Waals surface area contributed by atoms with Crippen LogP contribution in [0.3, 0.4) is 0 Å². The highest BCUT2D eigenvalue weighted by Gasteiger charge is 2.29. The van der Waals surface area contributed by atoms with Gasteiger partial charge in [0.1, 0.15) is 0 Å². The molecule has 1 fully saturated rings. The van der Waals surface area contributed by atoms with Crippen molar-refractivity contribution >= 4 is 17.6 Å². The first-order valence-corrected chi connectivity index (χ1v) is 7.80. The summed E-state index contributed by atoms with van der Waals surface area (Å²) < 4.78 is 0. The lowest BCUT2D eigenvalue weighted by molar-refractivity contribution is 0.0696. The first kappa shape index (κ1) is 15.1. The Morgan fingerprint density at radius 2 is 1.91 bits per heavy atom. The van der Waals surface area contributed by atoms with Crippen LogP contribution < -0.4 is 5.32 Å². The van der Waals surface area contributed by atoms with Crippen LogP contribution in [0.15, 0.2) is 48.5 Å². The molecule has 2 aromatic carbocycles. The van der Waals surface area contributed by atoms with Crippen molar-refractivity contribution in [3.05, 3.63) is 70.2 Å². The molecule has 22 heavy (non-hydrogen) atoms. The van der Waals surface area contributed by atoms with Gasteiger partial charge in [-0.25, -0.2) is 4.79 Å². The average Bonchev–Trinajstić information content (AvgIpc) is 2.47. The minimum atomic E-state index is -0.881. The van der Waals surface area contributed by atoms with Crippen molar-refractivity contribution in [3.63, 3.8) is 0 Å². The second-order valence-electron chi connectivity index (χ2n) is 5.80. The smallest absolute Gasteiger partial charge is 0.335 e. The lowest BCUT2D eigenvalue weighted by Gasteiger charge is -2.36. The second kappa shape index (κ2) is 6.51. The first-order valence-electron chi connectivity index (χ1n) is 7.43. The Bertz CT molecular complexity index is 663. The van der Waals surface area contributed by atoms with Crippen LogP contribution in [-0.4, -0.2) is 17.1 Å².